The summed E-state index contributed by atoms with van der Waals surface area (Å²) >= 11 is 3.23. The number of rotatable bonds is 6. The largest absolute Gasteiger partial charge is 0.493 e. The molecule has 1 aromatic heterocycles. The molecule has 0 saturated heterocycles. The van der Waals surface area contributed by atoms with E-state index in [2.05, 4.69) is 10.2 Å². The van der Waals surface area contributed by atoms with Crippen LogP contribution in [-0.2, 0) is 0 Å². The molecule has 2 N–H and O–H groups in total. The van der Waals surface area contributed by atoms with Crippen molar-refractivity contribution in [1.82, 2.24) is 10.2 Å². The zero-order chi connectivity index (χ0) is 13.7. The molecular formula is C12H16N4OS2. The van der Waals surface area contributed by atoms with Gasteiger partial charge in [-0.15, -0.1) is 10.2 Å². The zero-order valence-corrected chi connectivity index (χ0v) is 12.5. The van der Waals surface area contributed by atoms with Crippen LogP contribution < -0.4 is 15.4 Å². The first kappa shape index (κ1) is 14.0. The molecule has 0 fully saturated rings. The van der Waals surface area contributed by atoms with Crippen LogP contribution in [0.4, 0.5) is 10.8 Å². The molecule has 0 aliphatic carbocycles. The highest BCUT2D eigenvalue weighted by molar-refractivity contribution is 8.01. The lowest BCUT2D eigenvalue weighted by Crippen LogP contribution is -2.07. The molecule has 0 atom stereocenters. The quantitative estimate of drug-likeness (QED) is 0.501. The molecule has 0 amide bonds. The van der Waals surface area contributed by atoms with Crippen LogP contribution >= 0.6 is 23.1 Å². The van der Waals surface area contributed by atoms with Crippen LogP contribution in [0.5, 0.6) is 5.75 Å². The van der Waals surface area contributed by atoms with Gasteiger partial charge < -0.3 is 15.4 Å². The van der Waals surface area contributed by atoms with Crippen LogP contribution in [-0.4, -0.2) is 36.7 Å². The minimum absolute atomic E-state index is 0.630. The van der Waals surface area contributed by atoms with Gasteiger partial charge in [-0.3, -0.25) is 0 Å². The topological polar surface area (TPSA) is 64.3 Å². The summed E-state index contributed by atoms with van der Waals surface area (Å²) < 4.78 is 6.57. The third-order valence-corrected chi connectivity index (χ3v) is 4.42. The van der Waals surface area contributed by atoms with Crippen LogP contribution in [0.1, 0.15) is 0 Å². The molecule has 1 heterocycles. The molecule has 0 spiro atoms. The summed E-state index contributed by atoms with van der Waals surface area (Å²) in [6.07, 6.45) is 0. The van der Waals surface area contributed by atoms with Crippen LogP contribution in [0.15, 0.2) is 28.6 Å². The number of anilines is 2. The van der Waals surface area contributed by atoms with Crippen molar-refractivity contribution in [2.45, 2.75) is 4.34 Å². The first-order chi connectivity index (χ1) is 9.15. The maximum atomic E-state index is 5.61. The molecule has 0 bridgehead atoms. The summed E-state index contributed by atoms with van der Waals surface area (Å²) in [6.45, 7) is 0.630. The minimum atomic E-state index is 0.630. The van der Waals surface area contributed by atoms with Gasteiger partial charge in [0.05, 0.1) is 6.61 Å². The molecule has 19 heavy (non-hydrogen) atoms. The predicted octanol–water partition coefficient (Wildman–Crippen LogP) is 2.36. The van der Waals surface area contributed by atoms with Gasteiger partial charge in [-0.1, -0.05) is 23.1 Å². The van der Waals surface area contributed by atoms with Gasteiger partial charge in [-0.25, -0.2) is 0 Å². The normalized spacial score (nSPS) is 10.4. The fraction of sp³-hybridized carbons (Fsp3) is 0.333. The second-order valence-electron chi connectivity index (χ2n) is 4.01. The Morgan fingerprint density at radius 2 is 2.00 bits per heavy atom. The summed E-state index contributed by atoms with van der Waals surface area (Å²) in [5.41, 5.74) is 6.35. The molecule has 1 aromatic carbocycles. The Balaban J connectivity index is 1.72. The highest BCUT2D eigenvalue weighted by Crippen LogP contribution is 2.26. The van der Waals surface area contributed by atoms with Gasteiger partial charge in [0.15, 0.2) is 4.34 Å². The molecule has 2 rings (SSSR count). The van der Waals surface area contributed by atoms with Crippen molar-refractivity contribution < 1.29 is 4.74 Å². The predicted molar refractivity (Wildman–Crippen MR) is 81.3 cm³/mol. The standard InChI is InChI=1S/C12H16N4OS2/c1-16(2)11-14-15-12(19-11)18-8-7-17-10-5-3-9(13)4-6-10/h3-6H,7-8,13H2,1-2H3. The summed E-state index contributed by atoms with van der Waals surface area (Å²) in [5, 5.41) is 9.11. The number of nitrogen functional groups attached to an aromatic ring is 1. The van der Waals surface area contributed by atoms with E-state index in [1.165, 1.54) is 0 Å². The van der Waals surface area contributed by atoms with Crippen LogP contribution in [0.3, 0.4) is 0 Å². The number of hydrogen-bond acceptors (Lipinski definition) is 7. The van der Waals surface area contributed by atoms with Gasteiger partial charge in [0.1, 0.15) is 5.75 Å². The average molecular weight is 296 g/mol. The summed E-state index contributed by atoms with van der Waals surface area (Å²) in [6, 6.07) is 7.40. The minimum Gasteiger partial charge on any atom is -0.493 e. The Morgan fingerprint density at radius 3 is 2.63 bits per heavy atom. The molecule has 7 heteroatoms. The molecular weight excluding hydrogens is 280 g/mol. The van der Waals surface area contributed by atoms with E-state index in [-0.39, 0.29) is 0 Å². The third-order valence-electron chi connectivity index (χ3n) is 2.24. The zero-order valence-electron chi connectivity index (χ0n) is 10.9. The molecule has 0 saturated carbocycles. The van der Waals surface area contributed by atoms with Crippen molar-refractivity contribution in [3.8, 4) is 5.75 Å². The van der Waals surface area contributed by atoms with E-state index < -0.39 is 0 Å². The number of benzene rings is 1. The maximum Gasteiger partial charge on any atom is 0.208 e. The van der Waals surface area contributed by atoms with Gasteiger partial charge in [0.25, 0.3) is 0 Å². The van der Waals surface area contributed by atoms with E-state index in [0.717, 1.165) is 26.7 Å². The monoisotopic (exact) mass is 296 g/mol. The summed E-state index contributed by atoms with van der Waals surface area (Å²) in [7, 11) is 3.92. The fourth-order valence-corrected chi connectivity index (χ4v) is 2.95. The molecule has 0 radical (unpaired) electrons. The van der Waals surface area contributed by atoms with Gasteiger partial charge in [-0.05, 0) is 24.3 Å². The molecule has 5 nitrogen and oxygen atoms in total. The van der Waals surface area contributed by atoms with Gasteiger partial charge in [0, 0.05) is 25.5 Å². The van der Waals surface area contributed by atoms with Gasteiger partial charge in [-0.2, -0.15) is 0 Å². The molecule has 2 aromatic rings. The number of nitrogens with two attached hydrogens (primary N) is 1. The Kier molecular flexibility index (Phi) is 4.86. The SMILES string of the molecule is CN(C)c1nnc(SCCOc2ccc(N)cc2)s1. The van der Waals surface area contributed by atoms with E-state index in [9.17, 15) is 0 Å². The second kappa shape index (κ2) is 6.63. The first-order valence-electron chi connectivity index (χ1n) is 5.77. The highest BCUT2D eigenvalue weighted by Gasteiger charge is 2.05. The number of aromatic nitrogens is 2. The summed E-state index contributed by atoms with van der Waals surface area (Å²) in [4.78, 5) is 1.95. The van der Waals surface area contributed by atoms with Crippen molar-refractivity contribution in [3.63, 3.8) is 0 Å². The number of thioether (sulfide) groups is 1. The molecule has 0 unspecified atom stereocenters. The van der Waals surface area contributed by atoms with Crippen LogP contribution in [0.2, 0.25) is 0 Å². The van der Waals surface area contributed by atoms with Crippen molar-refractivity contribution >= 4 is 33.9 Å². The molecule has 0 aliphatic rings. The highest BCUT2D eigenvalue weighted by atomic mass is 32.2. The van der Waals surface area contributed by atoms with E-state index in [0.29, 0.717) is 6.61 Å². The lowest BCUT2D eigenvalue weighted by atomic mass is 10.3. The van der Waals surface area contributed by atoms with Crippen LogP contribution in [0, 0.1) is 0 Å². The lowest BCUT2D eigenvalue weighted by Gasteiger charge is -2.05. The lowest BCUT2D eigenvalue weighted by molar-refractivity contribution is 0.344. The van der Waals surface area contributed by atoms with Gasteiger partial charge >= 0.3 is 0 Å². The van der Waals surface area contributed by atoms with E-state index in [4.69, 9.17) is 10.5 Å². The van der Waals surface area contributed by atoms with Crippen molar-refractivity contribution in [2.24, 2.45) is 0 Å². The average Bonchev–Trinajstić information content (AvgIpc) is 2.86. The fourth-order valence-electron chi connectivity index (χ4n) is 1.29. The smallest absolute Gasteiger partial charge is 0.208 e. The van der Waals surface area contributed by atoms with Gasteiger partial charge in [0.2, 0.25) is 5.13 Å². The van der Waals surface area contributed by atoms with Crippen molar-refractivity contribution in [1.29, 1.82) is 0 Å². The number of hydrogen-bond donors (Lipinski definition) is 1. The maximum absolute atomic E-state index is 5.61. The molecule has 0 aliphatic heterocycles. The van der Waals surface area contributed by atoms with Crippen LogP contribution in [0.25, 0.3) is 0 Å². The van der Waals surface area contributed by atoms with E-state index in [1.807, 2.05) is 43.3 Å². The Labute approximate surface area is 120 Å². The Hall–Kier alpha value is -1.47. The van der Waals surface area contributed by atoms with E-state index >= 15 is 0 Å². The van der Waals surface area contributed by atoms with Crippen molar-refractivity contribution in [2.75, 3.05) is 37.1 Å². The first-order valence-corrected chi connectivity index (χ1v) is 7.57. The third kappa shape index (κ3) is 4.29. The molecule has 102 valence electrons. The Morgan fingerprint density at radius 1 is 1.26 bits per heavy atom. The van der Waals surface area contributed by atoms with E-state index in [1.54, 1.807) is 23.1 Å². The number of nitrogens with zero attached hydrogens (tertiary/aromatic N) is 3. The van der Waals surface area contributed by atoms with Crippen molar-refractivity contribution in [3.05, 3.63) is 24.3 Å². The number of ether oxygens (including phenoxy) is 1. The second-order valence-corrected chi connectivity index (χ2v) is 6.31. The summed E-state index contributed by atoms with van der Waals surface area (Å²) in [5.74, 6) is 1.67. The Bertz CT molecular complexity index is 513.